The van der Waals surface area contributed by atoms with Crippen molar-refractivity contribution in [3.8, 4) is 0 Å². The first-order chi connectivity index (χ1) is 12.6. The number of hydrogen-bond acceptors (Lipinski definition) is 2. The van der Waals surface area contributed by atoms with Gasteiger partial charge in [-0.1, -0.05) is 54.1 Å². The molecule has 0 aliphatic carbocycles. The van der Waals surface area contributed by atoms with Crippen LogP contribution in [0.4, 0.5) is 0 Å². The maximum absolute atomic E-state index is 12.2. The summed E-state index contributed by atoms with van der Waals surface area (Å²) in [5.41, 5.74) is 3.71. The molecular formula is C22H22N2O2. The number of amides is 1. The van der Waals surface area contributed by atoms with Crippen LogP contribution in [0.2, 0.25) is 0 Å². The lowest BCUT2D eigenvalue weighted by Gasteiger charge is -2.07. The Balaban J connectivity index is 1.61. The van der Waals surface area contributed by atoms with E-state index in [-0.39, 0.29) is 11.5 Å². The molecule has 1 aromatic heterocycles. The van der Waals surface area contributed by atoms with Gasteiger partial charge in [0.15, 0.2) is 0 Å². The summed E-state index contributed by atoms with van der Waals surface area (Å²) in [5.74, 6) is -0.139. The molecule has 4 nitrogen and oxygen atoms in total. The average molecular weight is 346 g/mol. The van der Waals surface area contributed by atoms with Gasteiger partial charge in [-0.3, -0.25) is 9.59 Å². The monoisotopic (exact) mass is 346 g/mol. The summed E-state index contributed by atoms with van der Waals surface area (Å²) in [5, 5.41) is 3.82. The third kappa shape index (κ3) is 4.70. The number of benzene rings is 2. The number of carbonyl (C=O) groups excluding carboxylic acids is 1. The van der Waals surface area contributed by atoms with Gasteiger partial charge < -0.3 is 10.3 Å². The number of carbonyl (C=O) groups is 1. The molecule has 0 saturated carbocycles. The number of fused-ring (bicyclic) bond motifs is 1. The summed E-state index contributed by atoms with van der Waals surface area (Å²) in [7, 11) is 0. The molecule has 0 bridgehead atoms. The quantitative estimate of drug-likeness (QED) is 0.668. The zero-order chi connectivity index (χ0) is 18.4. The molecule has 0 spiro atoms. The smallest absolute Gasteiger partial charge is 0.248 e. The Kier molecular flexibility index (Phi) is 5.64. The van der Waals surface area contributed by atoms with Crippen molar-refractivity contribution in [2.24, 2.45) is 0 Å². The van der Waals surface area contributed by atoms with E-state index in [9.17, 15) is 9.59 Å². The highest BCUT2D eigenvalue weighted by atomic mass is 16.1. The van der Waals surface area contributed by atoms with Crippen molar-refractivity contribution in [2.45, 2.75) is 26.3 Å². The summed E-state index contributed by atoms with van der Waals surface area (Å²) in [6, 6.07) is 19.3. The Bertz CT molecular complexity index is 988. The summed E-state index contributed by atoms with van der Waals surface area (Å²) >= 11 is 0. The van der Waals surface area contributed by atoms with E-state index in [1.165, 1.54) is 11.6 Å². The fourth-order valence-corrected chi connectivity index (χ4v) is 2.94. The maximum atomic E-state index is 12.2. The van der Waals surface area contributed by atoms with Gasteiger partial charge in [-0.05, 0) is 37.0 Å². The van der Waals surface area contributed by atoms with Gasteiger partial charge in [0.1, 0.15) is 0 Å². The lowest BCUT2D eigenvalue weighted by molar-refractivity contribution is -0.116. The van der Waals surface area contributed by atoms with E-state index < -0.39 is 0 Å². The van der Waals surface area contributed by atoms with Crippen LogP contribution in [0.5, 0.6) is 0 Å². The number of H-pyrrole nitrogens is 1. The summed E-state index contributed by atoms with van der Waals surface area (Å²) < 4.78 is 0. The van der Waals surface area contributed by atoms with Crippen LogP contribution in [-0.2, 0) is 17.8 Å². The summed E-state index contributed by atoms with van der Waals surface area (Å²) in [6.45, 7) is 2.29. The number of pyridine rings is 1. The third-order valence-corrected chi connectivity index (χ3v) is 4.32. The van der Waals surface area contributed by atoms with E-state index in [2.05, 4.69) is 22.4 Å². The third-order valence-electron chi connectivity index (χ3n) is 4.32. The molecule has 26 heavy (non-hydrogen) atoms. The molecule has 132 valence electrons. The Morgan fingerprint density at radius 2 is 1.81 bits per heavy atom. The van der Waals surface area contributed by atoms with Crippen molar-refractivity contribution >= 4 is 16.8 Å². The minimum absolute atomic E-state index is 0.139. The number of nitrogens with one attached hydrogen (secondary N) is 2. The second kappa shape index (κ2) is 8.30. The Labute approximate surface area is 152 Å². The molecule has 0 saturated heterocycles. The summed E-state index contributed by atoms with van der Waals surface area (Å²) in [6.07, 6.45) is 3.39. The van der Waals surface area contributed by atoms with Gasteiger partial charge in [0.25, 0.3) is 0 Å². The average Bonchev–Trinajstić information content (AvgIpc) is 2.65. The predicted octanol–water partition coefficient (Wildman–Crippen LogP) is 3.72. The van der Waals surface area contributed by atoms with Crippen LogP contribution in [0, 0.1) is 0 Å². The Hall–Kier alpha value is -3.14. The molecule has 3 rings (SSSR count). The van der Waals surface area contributed by atoms with Crippen molar-refractivity contribution < 1.29 is 4.79 Å². The van der Waals surface area contributed by atoms with Crippen LogP contribution in [0.25, 0.3) is 10.9 Å². The van der Waals surface area contributed by atoms with Gasteiger partial charge in [-0.2, -0.15) is 0 Å². The van der Waals surface area contributed by atoms with E-state index in [0.717, 1.165) is 34.9 Å². The lowest BCUT2D eigenvalue weighted by atomic mass is 10.1. The molecule has 0 fully saturated rings. The minimum atomic E-state index is -0.164. The highest BCUT2D eigenvalue weighted by Crippen LogP contribution is 2.14. The molecule has 0 aliphatic rings. The maximum Gasteiger partial charge on any atom is 0.248 e. The number of para-hydroxylation sites is 1. The first-order valence-electron chi connectivity index (χ1n) is 8.72. The van der Waals surface area contributed by atoms with Crippen molar-refractivity contribution in [2.75, 3.05) is 0 Å². The molecule has 2 N–H and O–H groups in total. The van der Waals surface area contributed by atoms with Crippen molar-refractivity contribution in [1.82, 2.24) is 10.3 Å². The van der Waals surface area contributed by atoms with Crippen LogP contribution in [0.15, 0.2) is 77.1 Å². The number of aryl methyl sites for hydroxylation is 1. The van der Waals surface area contributed by atoms with Gasteiger partial charge in [-0.25, -0.2) is 0 Å². The molecule has 1 amide bonds. The zero-order valence-electron chi connectivity index (χ0n) is 14.8. The second-order valence-corrected chi connectivity index (χ2v) is 6.40. The van der Waals surface area contributed by atoms with Crippen molar-refractivity contribution in [3.63, 3.8) is 0 Å². The molecule has 0 aliphatic heterocycles. The molecule has 0 atom stereocenters. The van der Waals surface area contributed by atoms with Gasteiger partial charge in [0.05, 0.1) is 0 Å². The molecular weight excluding hydrogens is 324 g/mol. The Morgan fingerprint density at radius 3 is 2.62 bits per heavy atom. The predicted molar refractivity (Wildman–Crippen MR) is 105 cm³/mol. The van der Waals surface area contributed by atoms with Crippen molar-refractivity contribution in [1.29, 1.82) is 0 Å². The number of aromatic amines is 1. The molecule has 0 radical (unpaired) electrons. The number of hydrogen-bond donors (Lipinski definition) is 2. The number of rotatable bonds is 6. The molecule has 4 heteroatoms. The van der Waals surface area contributed by atoms with Crippen LogP contribution < -0.4 is 10.9 Å². The van der Waals surface area contributed by atoms with E-state index in [4.69, 9.17) is 0 Å². The van der Waals surface area contributed by atoms with E-state index >= 15 is 0 Å². The van der Waals surface area contributed by atoms with Crippen LogP contribution >= 0.6 is 0 Å². The van der Waals surface area contributed by atoms with Crippen LogP contribution in [0.1, 0.15) is 24.5 Å². The van der Waals surface area contributed by atoms with Crippen LogP contribution in [-0.4, -0.2) is 10.9 Å². The normalized spacial score (nSPS) is 11.5. The zero-order valence-corrected chi connectivity index (χ0v) is 14.8. The van der Waals surface area contributed by atoms with Crippen molar-refractivity contribution in [3.05, 3.63) is 93.8 Å². The Morgan fingerprint density at radius 1 is 1.08 bits per heavy atom. The van der Waals surface area contributed by atoms with Gasteiger partial charge >= 0.3 is 0 Å². The summed E-state index contributed by atoms with van der Waals surface area (Å²) in [4.78, 5) is 26.8. The highest BCUT2D eigenvalue weighted by Gasteiger charge is 2.05. The fourth-order valence-electron chi connectivity index (χ4n) is 2.94. The fraction of sp³-hybridized carbons (Fsp3) is 0.182. The van der Waals surface area contributed by atoms with E-state index in [1.54, 1.807) is 6.08 Å². The van der Waals surface area contributed by atoms with Gasteiger partial charge in [-0.15, -0.1) is 0 Å². The molecule has 3 aromatic rings. The topological polar surface area (TPSA) is 62.0 Å². The SMILES string of the molecule is CC(=CC(=O)NCc1cc(=O)[nH]c2ccccc12)CCc1ccccc1. The molecule has 2 aromatic carbocycles. The standard InChI is InChI=1S/C22H22N2O2/c1-16(11-12-17-7-3-2-4-8-17)13-21(25)23-15-18-14-22(26)24-20-10-6-5-9-19(18)20/h2-10,13-14H,11-12,15H2,1H3,(H,23,25)(H,24,26). The van der Waals surface area contributed by atoms with Gasteiger partial charge in [0.2, 0.25) is 11.5 Å². The second-order valence-electron chi connectivity index (χ2n) is 6.40. The number of allylic oxidation sites excluding steroid dienone is 1. The molecule has 0 unspecified atom stereocenters. The lowest BCUT2D eigenvalue weighted by Crippen LogP contribution is -2.22. The minimum Gasteiger partial charge on any atom is -0.348 e. The van der Waals surface area contributed by atoms with E-state index in [1.807, 2.05) is 49.4 Å². The van der Waals surface area contributed by atoms with Gasteiger partial charge in [0, 0.05) is 29.6 Å². The number of aromatic nitrogens is 1. The van der Waals surface area contributed by atoms with E-state index in [0.29, 0.717) is 6.54 Å². The first kappa shape index (κ1) is 17.7. The van der Waals surface area contributed by atoms with Crippen LogP contribution in [0.3, 0.4) is 0 Å². The first-order valence-corrected chi connectivity index (χ1v) is 8.72. The highest BCUT2D eigenvalue weighted by molar-refractivity contribution is 5.89. The molecule has 1 heterocycles. The largest absolute Gasteiger partial charge is 0.348 e.